The molecule has 2 rings (SSSR count). The average Bonchev–Trinajstić information content (AvgIpc) is 2.99. The van der Waals surface area contributed by atoms with Crippen LogP contribution in [0.15, 0.2) is 24.3 Å². The third-order valence-corrected chi connectivity index (χ3v) is 5.09. The Morgan fingerprint density at radius 2 is 2.14 bits per heavy atom. The molecule has 0 bridgehead atoms. The lowest BCUT2D eigenvalue weighted by atomic mass is 10.1. The highest BCUT2D eigenvalue weighted by atomic mass is 32.2. The molecule has 0 saturated carbocycles. The Bertz CT molecular complexity index is 555. The molecule has 1 aromatic rings. The van der Waals surface area contributed by atoms with E-state index in [0.717, 1.165) is 19.4 Å². The van der Waals surface area contributed by atoms with Crippen molar-refractivity contribution < 1.29 is 22.3 Å². The number of hydrogen-bond donors (Lipinski definition) is 1. The summed E-state index contributed by atoms with van der Waals surface area (Å²) in [6.07, 6.45) is 2.22. The zero-order valence-electron chi connectivity index (χ0n) is 12.6. The molecule has 0 aromatic heterocycles. The zero-order chi connectivity index (χ0) is 16.0. The Kier molecular flexibility index (Phi) is 6.31. The monoisotopic (exact) mass is 331 g/mol. The minimum Gasteiger partial charge on any atom is -0.378 e. The summed E-state index contributed by atoms with van der Waals surface area (Å²) in [6.45, 7) is 1.11. The minimum atomic E-state index is -3.47. The van der Waals surface area contributed by atoms with E-state index in [0.29, 0.717) is 18.5 Å². The lowest BCUT2D eigenvalue weighted by Gasteiger charge is -2.17. The van der Waals surface area contributed by atoms with Crippen molar-refractivity contribution >= 4 is 10.0 Å². The van der Waals surface area contributed by atoms with Crippen LogP contribution in [0, 0.1) is 5.82 Å². The Morgan fingerprint density at radius 1 is 1.41 bits per heavy atom. The van der Waals surface area contributed by atoms with Crippen LogP contribution in [0.25, 0.3) is 0 Å². The number of sulfonamides is 1. The fourth-order valence-corrected chi connectivity index (χ4v) is 3.76. The molecular formula is C15H22FNO4S. The first-order chi connectivity index (χ1) is 10.5. The van der Waals surface area contributed by atoms with Crippen LogP contribution in [0.1, 0.15) is 30.9 Å². The Morgan fingerprint density at radius 3 is 2.73 bits per heavy atom. The highest BCUT2D eigenvalue weighted by Crippen LogP contribution is 2.19. The minimum absolute atomic E-state index is 0.151. The second-order valence-electron chi connectivity index (χ2n) is 5.38. The highest BCUT2D eigenvalue weighted by molar-refractivity contribution is 7.89. The Balaban J connectivity index is 1.86. The molecule has 124 valence electrons. The van der Waals surface area contributed by atoms with Crippen LogP contribution in [-0.2, 0) is 19.5 Å². The van der Waals surface area contributed by atoms with Gasteiger partial charge in [0.05, 0.1) is 18.0 Å². The van der Waals surface area contributed by atoms with E-state index in [2.05, 4.69) is 4.72 Å². The number of rotatable bonds is 8. The number of ether oxygens (including phenoxy) is 2. The Hall–Kier alpha value is -1.02. The summed E-state index contributed by atoms with van der Waals surface area (Å²) in [7, 11) is -2.03. The molecule has 1 saturated heterocycles. The number of hydrogen-bond acceptors (Lipinski definition) is 4. The summed E-state index contributed by atoms with van der Waals surface area (Å²) < 4.78 is 50.4. The maximum atomic E-state index is 12.9. The second-order valence-corrected chi connectivity index (χ2v) is 7.23. The van der Waals surface area contributed by atoms with Crippen molar-refractivity contribution in [1.29, 1.82) is 0 Å². The molecule has 0 aliphatic carbocycles. The van der Waals surface area contributed by atoms with Gasteiger partial charge in [-0.1, -0.05) is 12.1 Å². The van der Waals surface area contributed by atoms with Crippen LogP contribution in [0.2, 0.25) is 0 Å². The van der Waals surface area contributed by atoms with E-state index in [4.69, 9.17) is 9.47 Å². The molecular weight excluding hydrogens is 309 g/mol. The summed E-state index contributed by atoms with van der Waals surface area (Å²) in [4.78, 5) is 0. The number of methoxy groups -OCH3 is 1. The topological polar surface area (TPSA) is 64.6 Å². The van der Waals surface area contributed by atoms with Gasteiger partial charge in [-0.25, -0.2) is 17.5 Å². The fourth-order valence-electron chi connectivity index (χ4n) is 2.48. The molecule has 7 heteroatoms. The van der Waals surface area contributed by atoms with Crippen molar-refractivity contribution in [3.63, 3.8) is 0 Å². The van der Waals surface area contributed by atoms with Gasteiger partial charge in [-0.3, -0.25) is 0 Å². The van der Waals surface area contributed by atoms with Gasteiger partial charge in [0.25, 0.3) is 0 Å². The molecule has 0 radical (unpaired) electrons. The van der Waals surface area contributed by atoms with E-state index >= 15 is 0 Å². The van der Waals surface area contributed by atoms with Gasteiger partial charge < -0.3 is 9.47 Å². The zero-order valence-corrected chi connectivity index (χ0v) is 13.4. The van der Waals surface area contributed by atoms with Gasteiger partial charge in [-0.2, -0.15) is 0 Å². The van der Waals surface area contributed by atoms with Gasteiger partial charge in [0.2, 0.25) is 10.0 Å². The summed E-state index contributed by atoms with van der Waals surface area (Å²) in [6, 6.07) is 5.65. The van der Waals surface area contributed by atoms with Crippen LogP contribution in [-0.4, -0.2) is 40.5 Å². The predicted molar refractivity (Wildman–Crippen MR) is 81.5 cm³/mol. The van der Waals surface area contributed by atoms with Gasteiger partial charge in [-0.05, 0) is 37.0 Å². The quantitative estimate of drug-likeness (QED) is 0.791. The molecule has 1 aromatic carbocycles. The van der Waals surface area contributed by atoms with Crippen molar-refractivity contribution in [1.82, 2.24) is 4.72 Å². The molecule has 0 amide bonds. The van der Waals surface area contributed by atoms with Gasteiger partial charge in [0, 0.05) is 20.3 Å². The van der Waals surface area contributed by atoms with E-state index in [1.54, 1.807) is 0 Å². The van der Waals surface area contributed by atoms with Crippen molar-refractivity contribution in [3.05, 3.63) is 35.6 Å². The fraction of sp³-hybridized carbons (Fsp3) is 0.600. The van der Waals surface area contributed by atoms with Crippen LogP contribution < -0.4 is 4.72 Å². The summed E-state index contributed by atoms with van der Waals surface area (Å²) >= 11 is 0. The molecule has 1 fully saturated rings. The highest BCUT2D eigenvalue weighted by Gasteiger charge is 2.21. The normalized spacial score (nSPS) is 20.2. The van der Waals surface area contributed by atoms with E-state index < -0.39 is 16.1 Å². The smallest absolute Gasteiger partial charge is 0.214 e. The third-order valence-electron chi connectivity index (χ3n) is 3.71. The van der Waals surface area contributed by atoms with Gasteiger partial charge in [0.1, 0.15) is 5.82 Å². The molecule has 0 spiro atoms. The number of benzene rings is 1. The standard InChI is InChI=1S/C15H22FNO4S/c1-20-15(12-4-6-13(16)7-5-12)11-22(18,19)17-9-8-14-3-2-10-21-14/h4-7,14-15,17H,2-3,8-11H2,1H3/t14-,15?/m1/s1. The van der Waals surface area contributed by atoms with Crippen molar-refractivity contribution in [2.45, 2.75) is 31.5 Å². The first-order valence-corrected chi connectivity index (χ1v) is 9.02. The summed E-state index contributed by atoms with van der Waals surface area (Å²) in [5, 5.41) is 0. The molecule has 5 nitrogen and oxygen atoms in total. The number of nitrogens with one attached hydrogen (secondary N) is 1. The van der Waals surface area contributed by atoms with E-state index in [1.165, 1.54) is 31.4 Å². The Labute approximate surface area is 130 Å². The van der Waals surface area contributed by atoms with Crippen molar-refractivity contribution in [2.75, 3.05) is 26.0 Å². The van der Waals surface area contributed by atoms with Crippen LogP contribution in [0.3, 0.4) is 0 Å². The predicted octanol–water partition coefficient (Wildman–Crippen LogP) is 2.00. The molecule has 1 N–H and O–H groups in total. The maximum Gasteiger partial charge on any atom is 0.214 e. The molecule has 2 atom stereocenters. The number of halogens is 1. The molecule has 1 heterocycles. The first kappa shape index (κ1) is 17.3. The van der Waals surface area contributed by atoms with Crippen molar-refractivity contribution in [2.24, 2.45) is 0 Å². The summed E-state index contributed by atoms with van der Waals surface area (Å²) in [5.41, 5.74) is 0.633. The SMILES string of the molecule is COC(CS(=O)(=O)NCC[C@H]1CCCO1)c1ccc(F)cc1. The van der Waals surface area contributed by atoms with Crippen LogP contribution in [0.5, 0.6) is 0 Å². The average molecular weight is 331 g/mol. The molecule has 1 unspecified atom stereocenters. The van der Waals surface area contributed by atoms with E-state index in [-0.39, 0.29) is 17.7 Å². The van der Waals surface area contributed by atoms with Gasteiger partial charge in [-0.15, -0.1) is 0 Å². The third kappa shape index (κ3) is 5.31. The molecule has 22 heavy (non-hydrogen) atoms. The largest absolute Gasteiger partial charge is 0.378 e. The van der Waals surface area contributed by atoms with Crippen LogP contribution >= 0.6 is 0 Å². The van der Waals surface area contributed by atoms with Gasteiger partial charge >= 0.3 is 0 Å². The van der Waals surface area contributed by atoms with Crippen LogP contribution in [0.4, 0.5) is 4.39 Å². The van der Waals surface area contributed by atoms with Gasteiger partial charge in [0.15, 0.2) is 0 Å². The van der Waals surface area contributed by atoms with E-state index in [1.807, 2.05) is 0 Å². The summed E-state index contributed by atoms with van der Waals surface area (Å²) in [5.74, 6) is -0.558. The lowest BCUT2D eigenvalue weighted by Crippen LogP contribution is -2.32. The maximum absolute atomic E-state index is 12.9. The molecule has 1 aliphatic heterocycles. The first-order valence-electron chi connectivity index (χ1n) is 7.37. The lowest BCUT2D eigenvalue weighted by molar-refractivity contribution is 0.105. The molecule has 1 aliphatic rings. The van der Waals surface area contributed by atoms with Crippen molar-refractivity contribution in [3.8, 4) is 0 Å². The van der Waals surface area contributed by atoms with E-state index in [9.17, 15) is 12.8 Å². The second kappa shape index (κ2) is 8.01.